The molecular formula is C18H18ClNO3. The van der Waals surface area contributed by atoms with Crippen molar-refractivity contribution in [3.8, 4) is 5.75 Å². The van der Waals surface area contributed by atoms with Gasteiger partial charge in [0.05, 0.1) is 6.10 Å². The van der Waals surface area contributed by atoms with Crippen LogP contribution in [-0.2, 0) is 9.53 Å². The summed E-state index contributed by atoms with van der Waals surface area (Å²) in [5, 5.41) is 0.638. The van der Waals surface area contributed by atoms with Gasteiger partial charge in [-0.2, -0.15) is 0 Å². The average molecular weight is 332 g/mol. The average Bonchev–Trinajstić information content (AvgIpc) is 2.60. The number of halogens is 1. The van der Waals surface area contributed by atoms with Crippen molar-refractivity contribution in [2.24, 2.45) is 0 Å². The Labute approximate surface area is 140 Å². The lowest BCUT2D eigenvalue weighted by atomic mass is 9.98. The molecular weight excluding hydrogens is 314 g/mol. The first-order chi connectivity index (χ1) is 11.2. The zero-order valence-corrected chi connectivity index (χ0v) is 13.6. The summed E-state index contributed by atoms with van der Waals surface area (Å²) in [6.45, 7) is 0.617. The standard InChI is InChI=1S/C18H18ClNO3/c1-22-17-10-11-20(16-5-3-2-4-15(16)17)18(21)12-23-14-8-6-13(19)7-9-14/h2-9,17H,10-12H2,1H3. The number of hydrogen-bond donors (Lipinski definition) is 0. The van der Waals surface area contributed by atoms with Crippen LogP contribution in [0.5, 0.6) is 5.75 Å². The minimum Gasteiger partial charge on any atom is -0.484 e. The molecule has 1 atom stereocenters. The van der Waals surface area contributed by atoms with E-state index in [0.29, 0.717) is 17.3 Å². The summed E-state index contributed by atoms with van der Waals surface area (Å²) in [5.74, 6) is 0.560. The van der Waals surface area contributed by atoms with Gasteiger partial charge in [-0.1, -0.05) is 29.8 Å². The number of carbonyl (C=O) groups is 1. The van der Waals surface area contributed by atoms with Crippen LogP contribution < -0.4 is 9.64 Å². The van der Waals surface area contributed by atoms with Crippen molar-refractivity contribution < 1.29 is 14.3 Å². The van der Waals surface area contributed by atoms with E-state index >= 15 is 0 Å². The van der Waals surface area contributed by atoms with Gasteiger partial charge in [-0.25, -0.2) is 0 Å². The summed E-state index contributed by atoms with van der Waals surface area (Å²) in [4.78, 5) is 14.3. The van der Waals surface area contributed by atoms with E-state index in [9.17, 15) is 4.79 Å². The van der Waals surface area contributed by atoms with E-state index in [1.165, 1.54) is 0 Å². The van der Waals surface area contributed by atoms with Crippen LogP contribution in [0.15, 0.2) is 48.5 Å². The molecule has 23 heavy (non-hydrogen) atoms. The highest BCUT2D eigenvalue weighted by atomic mass is 35.5. The van der Waals surface area contributed by atoms with Crippen LogP contribution in [-0.4, -0.2) is 26.2 Å². The first-order valence-electron chi connectivity index (χ1n) is 7.49. The van der Waals surface area contributed by atoms with E-state index in [1.807, 2.05) is 24.3 Å². The van der Waals surface area contributed by atoms with Gasteiger partial charge in [0.25, 0.3) is 5.91 Å². The number of para-hydroxylation sites is 1. The monoisotopic (exact) mass is 331 g/mol. The Hall–Kier alpha value is -2.04. The van der Waals surface area contributed by atoms with Crippen molar-refractivity contribution >= 4 is 23.2 Å². The largest absolute Gasteiger partial charge is 0.484 e. The number of carbonyl (C=O) groups excluding carboxylic acids is 1. The van der Waals surface area contributed by atoms with E-state index in [-0.39, 0.29) is 18.6 Å². The number of methoxy groups -OCH3 is 1. The van der Waals surface area contributed by atoms with Crippen molar-refractivity contribution in [3.05, 3.63) is 59.1 Å². The third-order valence-electron chi connectivity index (χ3n) is 3.95. The second-order valence-electron chi connectivity index (χ2n) is 5.36. The maximum absolute atomic E-state index is 12.5. The van der Waals surface area contributed by atoms with Crippen molar-refractivity contribution in [2.75, 3.05) is 25.2 Å². The van der Waals surface area contributed by atoms with Crippen LogP contribution >= 0.6 is 11.6 Å². The number of nitrogens with zero attached hydrogens (tertiary/aromatic N) is 1. The quantitative estimate of drug-likeness (QED) is 0.854. The smallest absolute Gasteiger partial charge is 0.264 e. The Kier molecular flexibility index (Phi) is 4.84. The fourth-order valence-electron chi connectivity index (χ4n) is 2.79. The molecule has 2 aromatic carbocycles. The van der Waals surface area contributed by atoms with Crippen molar-refractivity contribution in [3.63, 3.8) is 0 Å². The molecule has 1 aliphatic heterocycles. The van der Waals surface area contributed by atoms with E-state index in [2.05, 4.69) is 0 Å². The van der Waals surface area contributed by atoms with E-state index in [1.54, 1.807) is 36.3 Å². The second-order valence-corrected chi connectivity index (χ2v) is 5.80. The molecule has 0 spiro atoms. The highest BCUT2D eigenvalue weighted by Crippen LogP contribution is 2.35. The van der Waals surface area contributed by atoms with Crippen LogP contribution in [0.2, 0.25) is 5.02 Å². The molecule has 1 unspecified atom stereocenters. The number of benzene rings is 2. The Morgan fingerprint density at radius 1 is 1.22 bits per heavy atom. The lowest BCUT2D eigenvalue weighted by Crippen LogP contribution is -2.39. The SMILES string of the molecule is COC1CCN(C(=O)COc2ccc(Cl)cc2)c2ccccc21. The highest BCUT2D eigenvalue weighted by molar-refractivity contribution is 6.30. The Balaban J connectivity index is 1.71. The lowest BCUT2D eigenvalue weighted by Gasteiger charge is -2.33. The number of ether oxygens (including phenoxy) is 2. The van der Waals surface area contributed by atoms with Gasteiger partial charge in [0.1, 0.15) is 5.75 Å². The van der Waals surface area contributed by atoms with Gasteiger partial charge < -0.3 is 14.4 Å². The van der Waals surface area contributed by atoms with E-state index < -0.39 is 0 Å². The van der Waals surface area contributed by atoms with Crippen LogP contribution in [0.4, 0.5) is 5.69 Å². The summed E-state index contributed by atoms with van der Waals surface area (Å²) in [6, 6.07) is 14.8. The normalized spacial score (nSPS) is 16.8. The van der Waals surface area contributed by atoms with Crippen LogP contribution in [0.1, 0.15) is 18.1 Å². The minimum atomic E-state index is -0.0676. The third kappa shape index (κ3) is 3.49. The molecule has 0 fully saturated rings. The minimum absolute atomic E-state index is 0.00633. The summed E-state index contributed by atoms with van der Waals surface area (Å²) in [6.07, 6.45) is 0.813. The third-order valence-corrected chi connectivity index (χ3v) is 4.20. The number of hydrogen-bond acceptors (Lipinski definition) is 3. The second kappa shape index (κ2) is 7.02. The topological polar surface area (TPSA) is 38.8 Å². The molecule has 0 saturated carbocycles. The molecule has 5 heteroatoms. The number of fused-ring (bicyclic) bond motifs is 1. The predicted molar refractivity (Wildman–Crippen MR) is 90.1 cm³/mol. The molecule has 0 aliphatic carbocycles. The van der Waals surface area contributed by atoms with Crippen LogP contribution in [0.3, 0.4) is 0 Å². The summed E-state index contributed by atoms with van der Waals surface area (Å²) in [7, 11) is 1.70. The van der Waals surface area contributed by atoms with Gasteiger partial charge in [-0.05, 0) is 36.8 Å². The molecule has 0 N–H and O–H groups in total. The number of amides is 1. The van der Waals surface area contributed by atoms with Crippen molar-refractivity contribution in [1.29, 1.82) is 0 Å². The molecule has 0 aromatic heterocycles. The fourth-order valence-corrected chi connectivity index (χ4v) is 2.91. The summed E-state index contributed by atoms with van der Waals surface area (Å²) < 4.78 is 11.1. The van der Waals surface area contributed by atoms with Crippen molar-refractivity contribution in [1.82, 2.24) is 0 Å². The van der Waals surface area contributed by atoms with Crippen molar-refractivity contribution in [2.45, 2.75) is 12.5 Å². The molecule has 4 nitrogen and oxygen atoms in total. The maximum atomic E-state index is 12.5. The number of anilines is 1. The Morgan fingerprint density at radius 2 is 1.96 bits per heavy atom. The van der Waals surface area contributed by atoms with E-state index in [4.69, 9.17) is 21.1 Å². The predicted octanol–water partition coefficient (Wildman–Crippen LogP) is 3.84. The molecule has 1 heterocycles. The van der Waals surface area contributed by atoms with Gasteiger partial charge in [-0.3, -0.25) is 4.79 Å². The lowest BCUT2D eigenvalue weighted by molar-refractivity contribution is -0.120. The van der Waals surface area contributed by atoms with Crippen LogP contribution in [0.25, 0.3) is 0 Å². The summed E-state index contributed by atoms with van der Waals surface area (Å²) in [5.41, 5.74) is 1.94. The molecule has 3 rings (SSSR count). The van der Waals surface area contributed by atoms with Crippen LogP contribution in [0, 0.1) is 0 Å². The molecule has 2 aromatic rings. The molecule has 1 aliphatic rings. The molecule has 1 amide bonds. The fraction of sp³-hybridized carbons (Fsp3) is 0.278. The summed E-state index contributed by atoms with van der Waals surface area (Å²) >= 11 is 5.84. The van der Waals surface area contributed by atoms with E-state index in [0.717, 1.165) is 17.7 Å². The van der Waals surface area contributed by atoms with Gasteiger partial charge in [0.15, 0.2) is 6.61 Å². The maximum Gasteiger partial charge on any atom is 0.264 e. The first-order valence-corrected chi connectivity index (χ1v) is 7.87. The highest BCUT2D eigenvalue weighted by Gasteiger charge is 2.28. The van der Waals surface area contributed by atoms with Gasteiger partial charge in [0.2, 0.25) is 0 Å². The molecule has 120 valence electrons. The Morgan fingerprint density at radius 3 is 2.70 bits per heavy atom. The zero-order valence-electron chi connectivity index (χ0n) is 12.9. The van der Waals surface area contributed by atoms with Gasteiger partial charge in [0, 0.05) is 29.9 Å². The Bertz CT molecular complexity index is 687. The van der Waals surface area contributed by atoms with Gasteiger partial charge in [-0.15, -0.1) is 0 Å². The molecule has 0 radical (unpaired) electrons. The molecule has 0 bridgehead atoms. The molecule has 0 saturated heterocycles. The van der Waals surface area contributed by atoms with Gasteiger partial charge >= 0.3 is 0 Å². The first kappa shape index (κ1) is 15.8. The zero-order chi connectivity index (χ0) is 16.2. The number of rotatable bonds is 4.